The third-order valence-corrected chi connectivity index (χ3v) is 10.0. The Bertz CT molecular complexity index is 1060. The van der Waals surface area contributed by atoms with Crippen LogP contribution in [-0.2, 0) is 9.59 Å². The molecule has 40 heavy (non-hydrogen) atoms. The third-order valence-electron chi connectivity index (χ3n) is 9.79. The average Bonchev–Trinajstić information content (AvgIpc) is 3.53. The largest absolute Gasteiger partial charge is 0.340 e. The quantitative estimate of drug-likeness (QED) is 0.370. The molecule has 2 aliphatic heterocycles. The second-order valence-corrected chi connectivity index (χ2v) is 15.1. The number of amides is 2. The molecular weight excluding hydrogens is 532 g/mol. The van der Waals surface area contributed by atoms with Crippen molar-refractivity contribution in [2.45, 2.75) is 111 Å². The predicted octanol–water partition coefficient (Wildman–Crippen LogP) is 6.84. The summed E-state index contributed by atoms with van der Waals surface area (Å²) in [5, 5.41) is 0.669. The van der Waals surface area contributed by atoms with Crippen molar-refractivity contribution >= 4 is 23.4 Å². The van der Waals surface area contributed by atoms with Crippen LogP contribution in [0.15, 0.2) is 24.3 Å². The van der Waals surface area contributed by atoms with Crippen LogP contribution in [0.1, 0.15) is 92.1 Å². The van der Waals surface area contributed by atoms with Crippen LogP contribution < -0.4 is 0 Å². The highest BCUT2D eigenvalue weighted by Crippen LogP contribution is 2.42. The first kappa shape index (κ1) is 31.2. The summed E-state index contributed by atoms with van der Waals surface area (Å²) in [6.07, 6.45) is 1.41. The van der Waals surface area contributed by atoms with Gasteiger partial charge in [-0.1, -0.05) is 37.6 Å². The van der Waals surface area contributed by atoms with E-state index in [1.54, 1.807) is 4.90 Å². The number of alkyl halides is 2. The molecule has 2 heterocycles. The molecule has 3 fully saturated rings. The van der Waals surface area contributed by atoms with Crippen LogP contribution in [0.25, 0.3) is 0 Å². The Balaban J connectivity index is 1.56. The van der Waals surface area contributed by atoms with Crippen LogP contribution in [0.2, 0.25) is 5.02 Å². The Morgan fingerprint density at radius 1 is 0.950 bits per heavy atom. The molecule has 0 aromatic heterocycles. The monoisotopic (exact) mass is 579 g/mol. The zero-order valence-corrected chi connectivity index (χ0v) is 26.1. The summed E-state index contributed by atoms with van der Waals surface area (Å²) in [4.78, 5) is 33.9. The van der Waals surface area contributed by atoms with Crippen LogP contribution in [-0.4, -0.2) is 76.7 Å². The molecule has 4 rings (SSSR count). The number of likely N-dealkylation sites (tertiary alicyclic amines) is 2. The average molecular weight is 580 g/mol. The number of carbonyl (C=O) groups excluding carboxylic acids is 2. The number of hydrogen-bond donors (Lipinski definition) is 0. The van der Waals surface area contributed by atoms with Gasteiger partial charge in [0.2, 0.25) is 11.8 Å². The molecule has 2 amide bonds. The Hall–Kier alpha value is -1.73. The summed E-state index contributed by atoms with van der Waals surface area (Å²) in [6.45, 7) is 16.1. The maximum atomic E-state index is 14.1. The molecule has 1 aromatic carbocycles. The maximum absolute atomic E-state index is 14.1. The summed E-state index contributed by atoms with van der Waals surface area (Å²) in [5.74, 6) is -0.555. The molecule has 1 aliphatic carbocycles. The molecule has 5 nitrogen and oxygen atoms in total. The van der Waals surface area contributed by atoms with Crippen molar-refractivity contribution < 1.29 is 18.4 Å². The molecule has 0 spiro atoms. The third kappa shape index (κ3) is 6.51. The van der Waals surface area contributed by atoms with Gasteiger partial charge in [0, 0.05) is 48.7 Å². The fourth-order valence-electron chi connectivity index (χ4n) is 6.77. The first-order valence-electron chi connectivity index (χ1n) is 14.9. The molecular formula is C32H48ClF2N3O2. The van der Waals surface area contributed by atoms with Crippen molar-refractivity contribution in [3.05, 3.63) is 34.9 Å². The number of benzene rings is 1. The Morgan fingerprint density at radius 3 is 2.10 bits per heavy atom. The van der Waals surface area contributed by atoms with Gasteiger partial charge in [0.05, 0.1) is 12.0 Å². The lowest BCUT2D eigenvalue weighted by Gasteiger charge is -2.45. The number of carbonyl (C=O) groups is 2. The van der Waals surface area contributed by atoms with Crippen LogP contribution in [0.3, 0.4) is 0 Å². The van der Waals surface area contributed by atoms with Crippen LogP contribution in [0, 0.1) is 16.7 Å². The van der Waals surface area contributed by atoms with E-state index in [9.17, 15) is 18.4 Å². The van der Waals surface area contributed by atoms with Gasteiger partial charge in [-0.05, 0) is 89.8 Å². The van der Waals surface area contributed by atoms with E-state index >= 15 is 0 Å². The number of nitrogens with zero attached hydrogens (tertiary/aromatic N) is 3. The molecule has 3 aliphatic rings. The van der Waals surface area contributed by atoms with Gasteiger partial charge in [0.1, 0.15) is 5.41 Å². The van der Waals surface area contributed by atoms with Gasteiger partial charge in [-0.3, -0.25) is 14.5 Å². The Morgan fingerprint density at radius 2 is 1.55 bits per heavy atom. The summed E-state index contributed by atoms with van der Waals surface area (Å²) in [7, 11) is 0. The molecule has 1 saturated carbocycles. The van der Waals surface area contributed by atoms with Gasteiger partial charge < -0.3 is 9.80 Å². The van der Waals surface area contributed by atoms with Crippen molar-refractivity contribution in [2.24, 2.45) is 16.7 Å². The van der Waals surface area contributed by atoms with Crippen LogP contribution >= 0.6 is 11.6 Å². The minimum atomic E-state index is -2.75. The standard InChI is InChI=1S/C32H48ClF2N3O2/c1-30(2,3)37-19-25(21-8-10-22(33)11-9-21)26(20-37)27(39)36-17-14-24(18-36)38(29(40)32(6,7)28(34)35)23-12-15-31(4,5)16-13-23/h8-11,23-26,28H,12-20H2,1-7H3/t24-,25+,26?/m0/s1. The van der Waals surface area contributed by atoms with Gasteiger partial charge >= 0.3 is 0 Å². The number of halogens is 3. The lowest BCUT2D eigenvalue weighted by atomic mass is 9.74. The van der Waals surface area contributed by atoms with Gasteiger partial charge in [0.15, 0.2) is 0 Å². The number of rotatable bonds is 6. The minimum absolute atomic E-state index is 0.0409. The van der Waals surface area contributed by atoms with Crippen molar-refractivity contribution in [2.75, 3.05) is 26.2 Å². The first-order valence-corrected chi connectivity index (χ1v) is 15.3. The molecule has 0 bridgehead atoms. The van der Waals surface area contributed by atoms with Gasteiger partial charge in [-0.2, -0.15) is 0 Å². The van der Waals surface area contributed by atoms with Crippen LogP contribution in [0.5, 0.6) is 0 Å². The lowest BCUT2D eigenvalue weighted by molar-refractivity contribution is -0.156. The summed E-state index contributed by atoms with van der Waals surface area (Å²) in [6, 6.07) is 7.49. The van der Waals surface area contributed by atoms with Gasteiger partial charge in [-0.25, -0.2) is 8.78 Å². The summed E-state index contributed by atoms with van der Waals surface area (Å²) in [5.41, 5.74) is -0.542. The van der Waals surface area contributed by atoms with Gasteiger partial charge in [0.25, 0.3) is 6.43 Å². The summed E-state index contributed by atoms with van der Waals surface area (Å²) < 4.78 is 28.1. The Labute approximate surface area is 244 Å². The highest BCUT2D eigenvalue weighted by molar-refractivity contribution is 6.30. The Kier molecular flexibility index (Phi) is 8.98. The fourth-order valence-corrected chi connectivity index (χ4v) is 6.90. The van der Waals surface area contributed by atoms with E-state index < -0.39 is 17.7 Å². The van der Waals surface area contributed by atoms with Crippen molar-refractivity contribution in [1.82, 2.24) is 14.7 Å². The zero-order valence-electron chi connectivity index (χ0n) is 25.4. The lowest BCUT2D eigenvalue weighted by Crippen LogP contribution is -2.56. The first-order chi connectivity index (χ1) is 18.5. The van der Waals surface area contributed by atoms with E-state index in [1.165, 1.54) is 13.8 Å². The second kappa shape index (κ2) is 11.5. The van der Waals surface area contributed by atoms with Crippen LogP contribution in [0.4, 0.5) is 8.78 Å². The highest BCUT2D eigenvalue weighted by atomic mass is 35.5. The zero-order chi connectivity index (χ0) is 29.6. The fraction of sp³-hybridized carbons (Fsp3) is 0.750. The topological polar surface area (TPSA) is 43.9 Å². The summed E-state index contributed by atoms with van der Waals surface area (Å²) >= 11 is 6.16. The molecule has 0 N–H and O–H groups in total. The molecule has 2 saturated heterocycles. The maximum Gasteiger partial charge on any atom is 0.252 e. The molecule has 8 heteroatoms. The molecule has 1 aromatic rings. The number of hydrogen-bond acceptors (Lipinski definition) is 3. The van der Waals surface area contributed by atoms with E-state index in [0.29, 0.717) is 31.1 Å². The van der Waals surface area contributed by atoms with Crippen molar-refractivity contribution in [1.29, 1.82) is 0 Å². The van der Waals surface area contributed by atoms with Crippen molar-refractivity contribution in [3.8, 4) is 0 Å². The van der Waals surface area contributed by atoms with E-state index in [0.717, 1.165) is 37.8 Å². The molecule has 0 radical (unpaired) electrons. The minimum Gasteiger partial charge on any atom is -0.340 e. The van der Waals surface area contributed by atoms with E-state index in [4.69, 9.17) is 11.6 Å². The van der Waals surface area contributed by atoms with E-state index in [2.05, 4.69) is 39.5 Å². The highest BCUT2D eigenvalue weighted by Gasteiger charge is 2.49. The normalized spacial score (nSPS) is 26.5. The van der Waals surface area contributed by atoms with E-state index in [1.807, 2.05) is 29.2 Å². The smallest absolute Gasteiger partial charge is 0.252 e. The molecule has 3 atom stereocenters. The molecule has 224 valence electrons. The van der Waals surface area contributed by atoms with E-state index in [-0.39, 0.29) is 40.8 Å². The van der Waals surface area contributed by atoms with Crippen molar-refractivity contribution in [3.63, 3.8) is 0 Å². The second-order valence-electron chi connectivity index (χ2n) is 14.7. The SMILES string of the molecule is CC1(C)CCC(N(C(=O)C(C)(C)C(F)F)[C@H]2CCN(C(=O)C3CN(C(C)(C)C)C[C@@H]3c3ccc(Cl)cc3)C2)CC1. The molecule has 1 unspecified atom stereocenters. The predicted molar refractivity (Wildman–Crippen MR) is 157 cm³/mol. The van der Waals surface area contributed by atoms with Gasteiger partial charge in [-0.15, -0.1) is 0 Å².